The number of hydrogen-bond donors (Lipinski definition) is 5. The second-order valence-corrected chi connectivity index (χ2v) is 9.99. The van der Waals surface area contributed by atoms with Crippen molar-refractivity contribution in [1.29, 1.82) is 5.41 Å². The number of alkyl halides is 6. The largest absolute Gasteiger partial charge is 0.494 e. The number of pyridine rings is 1. The highest BCUT2D eigenvalue weighted by molar-refractivity contribution is 5.95. The molecule has 6 N–H and O–H groups in total. The number of aliphatic carboxylic acids is 2. The number of amidine groups is 1. The number of aromatic amines is 1. The van der Waals surface area contributed by atoms with Crippen molar-refractivity contribution in [2.45, 2.75) is 45.8 Å². The van der Waals surface area contributed by atoms with Crippen LogP contribution in [-0.2, 0) is 16.1 Å². The third kappa shape index (κ3) is 12.3. The van der Waals surface area contributed by atoms with Crippen LogP contribution in [0.15, 0.2) is 67.1 Å². The second kappa shape index (κ2) is 17.5. The lowest BCUT2D eigenvalue weighted by molar-refractivity contribution is -0.193. The van der Waals surface area contributed by atoms with Crippen LogP contribution >= 0.6 is 0 Å². The lowest BCUT2D eigenvalue weighted by Gasteiger charge is -2.26. The number of nitrogens with one attached hydrogen (secondary N) is 2. The van der Waals surface area contributed by atoms with Gasteiger partial charge in [-0.2, -0.15) is 26.3 Å². The number of halogens is 7. The lowest BCUT2D eigenvalue weighted by Crippen LogP contribution is -2.21. The molecule has 0 atom stereocenters. The van der Waals surface area contributed by atoms with E-state index < -0.39 is 30.1 Å². The molecule has 50 heavy (non-hydrogen) atoms. The third-order valence-corrected chi connectivity index (χ3v) is 5.86. The predicted molar refractivity (Wildman–Crippen MR) is 166 cm³/mol. The summed E-state index contributed by atoms with van der Waals surface area (Å²) in [5.41, 5.74) is 8.93. The summed E-state index contributed by atoms with van der Waals surface area (Å²) in [5.74, 6) is -4.84. The molecule has 2 aromatic heterocycles. The fourth-order valence-corrected chi connectivity index (χ4v) is 3.75. The molecule has 0 spiro atoms. The van der Waals surface area contributed by atoms with Crippen LogP contribution in [0.1, 0.15) is 32.2 Å². The monoisotopic (exact) mass is 716 g/mol. The van der Waals surface area contributed by atoms with Gasteiger partial charge in [0.15, 0.2) is 11.6 Å². The first kappa shape index (κ1) is 40.3. The molecule has 4 rings (SSSR count). The van der Waals surface area contributed by atoms with E-state index in [2.05, 4.69) is 15.0 Å². The van der Waals surface area contributed by atoms with E-state index >= 15 is 4.39 Å². The number of benzene rings is 2. The average molecular weight is 717 g/mol. The molecule has 2 heterocycles. The highest BCUT2D eigenvalue weighted by Crippen LogP contribution is 2.38. The highest BCUT2D eigenvalue weighted by atomic mass is 19.4. The number of nitrogen functional groups attached to an aromatic ring is 1. The number of carboxylic acids is 2. The van der Waals surface area contributed by atoms with E-state index in [-0.39, 0.29) is 29.9 Å². The van der Waals surface area contributed by atoms with E-state index in [9.17, 15) is 26.3 Å². The van der Waals surface area contributed by atoms with Crippen molar-refractivity contribution in [2.75, 3.05) is 11.5 Å². The molecule has 0 fully saturated rings. The molecular formula is C31H31F7N6O6. The molecule has 0 amide bonds. The maximum atomic E-state index is 15.9. The normalized spacial score (nSPS) is 11.0. The van der Waals surface area contributed by atoms with Crippen LogP contribution in [0.5, 0.6) is 11.5 Å². The number of imidazole rings is 1. The zero-order chi connectivity index (χ0) is 37.8. The number of aromatic nitrogens is 3. The van der Waals surface area contributed by atoms with Gasteiger partial charge in [-0.05, 0) is 57.2 Å². The average Bonchev–Trinajstić information content (AvgIpc) is 3.50. The summed E-state index contributed by atoms with van der Waals surface area (Å²) in [6, 6.07) is 14.0. The Bertz CT molecular complexity index is 1710. The Morgan fingerprint density at radius 2 is 1.52 bits per heavy atom. The maximum Gasteiger partial charge on any atom is 0.490 e. The molecule has 0 saturated carbocycles. The minimum Gasteiger partial charge on any atom is -0.494 e. The van der Waals surface area contributed by atoms with Crippen LogP contribution < -0.4 is 20.1 Å². The van der Waals surface area contributed by atoms with Crippen LogP contribution in [-0.4, -0.2) is 68.0 Å². The van der Waals surface area contributed by atoms with Crippen molar-refractivity contribution in [3.05, 3.63) is 84.3 Å². The molecule has 270 valence electrons. The Morgan fingerprint density at radius 3 is 1.98 bits per heavy atom. The van der Waals surface area contributed by atoms with Crippen molar-refractivity contribution in [3.63, 3.8) is 0 Å². The molecular weight excluding hydrogens is 685 g/mol. The van der Waals surface area contributed by atoms with Gasteiger partial charge in [0.2, 0.25) is 0 Å². The van der Waals surface area contributed by atoms with E-state index in [1.54, 1.807) is 59.9 Å². The number of nitrogens with zero attached hydrogens (tertiary/aromatic N) is 3. The second-order valence-electron chi connectivity index (χ2n) is 9.99. The first-order chi connectivity index (χ1) is 23.2. The van der Waals surface area contributed by atoms with Gasteiger partial charge in [0.1, 0.15) is 17.4 Å². The van der Waals surface area contributed by atoms with Gasteiger partial charge in [0, 0.05) is 41.3 Å². The molecule has 2 aromatic carbocycles. The van der Waals surface area contributed by atoms with Crippen molar-refractivity contribution in [3.8, 4) is 22.8 Å². The number of anilines is 2. The number of nitrogens with two attached hydrogens (primary N) is 1. The Balaban J connectivity index is 0.000000521. The summed E-state index contributed by atoms with van der Waals surface area (Å²) < 4.78 is 90.8. The SMILES string of the molecule is CCOc1cc(OC(C)C)c(F)c(N(Cc2ncc(-c3ccncc3)[nH]2)c2ccc(C(=N)N)cc2)c1.O=C(O)C(F)(F)F.O=C(O)C(F)(F)F. The summed E-state index contributed by atoms with van der Waals surface area (Å²) >= 11 is 0. The van der Waals surface area contributed by atoms with Gasteiger partial charge in [-0.25, -0.2) is 19.0 Å². The van der Waals surface area contributed by atoms with Crippen molar-refractivity contribution >= 4 is 29.1 Å². The van der Waals surface area contributed by atoms with Gasteiger partial charge < -0.3 is 35.3 Å². The minimum atomic E-state index is -5.08. The fraction of sp³-hybridized carbons (Fsp3) is 0.258. The Kier molecular flexibility index (Phi) is 14.1. The fourth-order valence-electron chi connectivity index (χ4n) is 3.75. The van der Waals surface area contributed by atoms with Gasteiger partial charge in [0.25, 0.3) is 0 Å². The molecule has 0 aliphatic carbocycles. The molecule has 0 aliphatic heterocycles. The zero-order valence-corrected chi connectivity index (χ0v) is 26.4. The smallest absolute Gasteiger partial charge is 0.490 e. The highest BCUT2D eigenvalue weighted by Gasteiger charge is 2.38. The quantitative estimate of drug-likeness (QED) is 0.0673. The van der Waals surface area contributed by atoms with Crippen LogP contribution in [0.3, 0.4) is 0 Å². The van der Waals surface area contributed by atoms with Gasteiger partial charge in [-0.1, -0.05) is 0 Å². The topological polar surface area (TPSA) is 188 Å². The molecule has 0 saturated heterocycles. The number of hydrogen-bond acceptors (Lipinski definition) is 8. The number of H-pyrrole nitrogens is 1. The molecule has 0 bridgehead atoms. The molecule has 0 unspecified atom stereocenters. The molecule has 4 aromatic rings. The summed E-state index contributed by atoms with van der Waals surface area (Å²) in [5, 5.41) is 21.9. The molecule has 19 heteroatoms. The third-order valence-electron chi connectivity index (χ3n) is 5.86. The summed E-state index contributed by atoms with van der Waals surface area (Å²) in [6.07, 6.45) is -5.23. The first-order valence-corrected chi connectivity index (χ1v) is 14.1. The zero-order valence-electron chi connectivity index (χ0n) is 26.4. The molecule has 12 nitrogen and oxygen atoms in total. The van der Waals surface area contributed by atoms with Crippen LogP contribution in [0.25, 0.3) is 11.3 Å². The van der Waals surface area contributed by atoms with E-state index in [1.807, 2.05) is 32.9 Å². The number of carboxylic acid groups (broad SMARTS) is 2. The van der Waals surface area contributed by atoms with Crippen LogP contribution in [0.2, 0.25) is 0 Å². The number of carbonyl (C=O) groups is 2. The van der Waals surface area contributed by atoms with Gasteiger partial charge in [-0.15, -0.1) is 0 Å². The Labute approximate surface area is 279 Å². The number of rotatable bonds is 10. The standard InChI is InChI=1S/C27H29FN6O2.2C2HF3O2/c1-4-35-21-13-23(26(28)24(14-21)36-17(2)3)34(20-7-5-19(6-8-20)27(29)30)16-25-32-15-22(33-25)18-9-11-31-12-10-18;2*3-2(4,5)1(6)7/h5-15,17H,4,16H2,1-3H3,(H3,29,30)(H,32,33);2*(H,6,7). The maximum absolute atomic E-state index is 15.9. The van der Waals surface area contributed by atoms with Crippen molar-refractivity contribution in [1.82, 2.24) is 15.0 Å². The van der Waals surface area contributed by atoms with Gasteiger partial charge >= 0.3 is 24.3 Å². The Morgan fingerprint density at radius 1 is 0.980 bits per heavy atom. The summed E-state index contributed by atoms with van der Waals surface area (Å²) in [4.78, 5) is 31.5. The van der Waals surface area contributed by atoms with Crippen molar-refractivity contribution < 1.29 is 60.0 Å². The number of ether oxygens (including phenoxy) is 2. The molecule has 0 aliphatic rings. The van der Waals surface area contributed by atoms with E-state index in [0.717, 1.165) is 11.3 Å². The van der Waals surface area contributed by atoms with Crippen LogP contribution in [0.4, 0.5) is 42.1 Å². The van der Waals surface area contributed by atoms with Gasteiger partial charge in [0.05, 0.1) is 36.8 Å². The van der Waals surface area contributed by atoms with Crippen molar-refractivity contribution in [2.24, 2.45) is 5.73 Å². The summed E-state index contributed by atoms with van der Waals surface area (Å²) in [6.45, 7) is 6.21. The first-order valence-electron chi connectivity index (χ1n) is 14.1. The van der Waals surface area contributed by atoms with E-state index in [4.69, 9.17) is 40.4 Å². The summed E-state index contributed by atoms with van der Waals surface area (Å²) in [7, 11) is 0. The van der Waals surface area contributed by atoms with Gasteiger partial charge in [-0.3, -0.25) is 10.4 Å². The molecule has 0 radical (unpaired) electrons. The predicted octanol–water partition coefficient (Wildman–Crippen LogP) is 6.69. The lowest BCUT2D eigenvalue weighted by atomic mass is 10.1. The van der Waals surface area contributed by atoms with E-state index in [0.29, 0.717) is 29.4 Å². The Hall–Kier alpha value is -5.88. The minimum absolute atomic E-state index is 0.0433. The van der Waals surface area contributed by atoms with E-state index in [1.165, 1.54) is 0 Å². The van der Waals surface area contributed by atoms with Crippen LogP contribution in [0, 0.1) is 11.2 Å².